The lowest BCUT2D eigenvalue weighted by Crippen LogP contribution is -2.25. The molecule has 2 aromatic heterocycles. The fraction of sp³-hybridized carbons (Fsp3) is 0.348. The van der Waals surface area contributed by atoms with Gasteiger partial charge in [0.25, 0.3) is 11.5 Å². The number of amides is 1. The van der Waals surface area contributed by atoms with E-state index in [9.17, 15) is 14.4 Å². The molecule has 0 fully saturated rings. The van der Waals surface area contributed by atoms with Crippen molar-refractivity contribution in [1.29, 1.82) is 0 Å². The number of benzene rings is 1. The molecule has 0 spiro atoms. The molecule has 0 bridgehead atoms. The summed E-state index contributed by atoms with van der Waals surface area (Å²) in [6, 6.07) is 11.1. The second-order valence-corrected chi connectivity index (χ2v) is 8.82. The quantitative estimate of drug-likeness (QED) is 0.486. The Bertz CT molecular complexity index is 1150. The molecule has 7 nitrogen and oxygen atoms in total. The van der Waals surface area contributed by atoms with E-state index in [0.29, 0.717) is 16.3 Å². The molecule has 1 N–H and O–H groups in total. The van der Waals surface area contributed by atoms with Crippen LogP contribution in [-0.2, 0) is 29.4 Å². The van der Waals surface area contributed by atoms with Crippen molar-refractivity contribution in [2.24, 2.45) is 7.05 Å². The van der Waals surface area contributed by atoms with Crippen LogP contribution in [0.3, 0.4) is 0 Å². The number of para-hydroxylation sites is 1. The zero-order valence-electron chi connectivity index (χ0n) is 17.6. The number of nitrogens with one attached hydrogen (secondary N) is 1. The van der Waals surface area contributed by atoms with Crippen molar-refractivity contribution in [3.8, 4) is 5.69 Å². The van der Waals surface area contributed by atoms with E-state index in [1.54, 1.807) is 18.7 Å². The van der Waals surface area contributed by atoms with Gasteiger partial charge in [0.1, 0.15) is 10.6 Å². The molecule has 2 heterocycles. The van der Waals surface area contributed by atoms with E-state index in [0.717, 1.165) is 25.7 Å². The molecule has 8 heteroatoms. The molecular formula is C23H25N3O4S. The summed E-state index contributed by atoms with van der Waals surface area (Å²) < 4.78 is 8.38. The van der Waals surface area contributed by atoms with Crippen LogP contribution in [0.1, 0.15) is 45.1 Å². The van der Waals surface area contributed by atoms with Gasteiger partial charge in [-0.1, -0.05) is 24.6 Å². The van der Waals surface area contributed by atoms with E-state index >= 15 is 0 Å². The normalized spacial score (nSPS) is 13.4. The van der Waals surface area contributed by atoms with E-state index in [2.05, 4.69) is 5.32 Å². The number of esters is 1. The van der Waals surface area contributed by atoms with Crippen LogP contribution in [0.4, 0.5) is 5.69 Å². The third-order valence-electron chi connectivity index (χ3n) is 5.60. The standard InChI is InChI=1S/C23H25N3O4S/c1-15-21(22(28)26(25(15)2)17-10-6-4-7-11-17)24-20(27)14-30-23(29)19-13-16-9-5-3-8-12-18(16)31-19/h4,6-7,10-11,13H,3,5,8-9,12,14H2,1-2H3,(H,24,27). The summed E-state index contributed by atoms with van der Waals surface area (Å²) in [6.07, 6.45) is 5.47. The number of aryl methyl sites for hydroxylation is 2. The number of thiophene rings is 1. The molecule has 1 amide bonds. The summed E-state index contributed by atoms with van der Waals surface area (Å²) in [7, 11) is 1.75. The van der Waals surface area contributed by atoms with Crippen LogP contribution in [0.15, 0.2) is 41.2 Å². The molecule has 1 aromatic carbocycles. The number of aromatic nitrogens is 2. The third kappa shape index (κ3) is 4.34. The zero-order chi connectivity index (χ0) is 22.0. The number of carbonyl (C=O) groups excluding carboxylic acids is 2. The molecular weight excluding hydrogens is 414 g/mol. The largest absolute Gasteiger partial charge is 0.451 e. The fourth-order valence-corrected chi connectivity index (χ4v) is 5.01. The highest BCUT2D eigenvalue weighted by Crippen LogP contribution is 2.29. The summed E-state index contributed by atoms with van der Waals surface area (Å²) in [6.45, 7) is 1.31. The first-order chi connectivity index (χ1) is 15.0. The van der Waals surface area contributed by atoms with E-state index in [4.69, 9.17) is 4.74 Å². The van der Waals surface area contributed by atoms with Crippen LogP contribution >= 0.6 is 11.3 Å². The third-order valence-corrected chi connectivity index (χ3v) is 6.82. The van der Waals surface area contributed by atoms with Crippen LogP contribution in [0.2, 0.25) is 0 Å². The fourth-order valence-electron chi connectivity index (χ4n) is 3.86. The van der Waals surface area contributed by atoms with Crippen LogP contribution in [0.5, 0.6) is 0 Å². The number of fused-ring (bicyclic) bond motifs is 1. The summed E-state index contributed by atoms with van der Waals surface area (Å²) >= 11 is 1.46. The molecule has 4 rings (SSSR count). The van der Waals surface area contributed by atoms with E-state index in [-0.39, 0.29) is 11.2 Å². The Balaban J connectivity index is 1.43. The molecule has 1 aliphatic rings. The maximum Gasteiger partial charge on any atom is 0.348 e. The summed E-state index contributed by atoms with van der Waals surface area (Å²) in [5.74, 6) is -1.04. The topological polar surface area (TPSA) is 82.3 Å². The van der Waals surface area contributed by atoms with Crippen LogP contribution in [-0.4, -0.2) is 27.8 Å². The van der Waals surface area contributed by atoms with E-state index < -0.39 is 18.5 Å². The number of hydrogen-bond acceptors (Lipinski definition) is 5. The Kier molecular flexibility index (Phi) is 6.08. The van der Waals surface area contributed by atoms with E-state index in [1.165, 1.54) is 32.9 Å². The molecule has 0 saturated heterocycles. The monoisotopic (exact) mass is 439 g/mol. The molecule has 0 radical (unpaired) electrons. The molecule has 0 atom stereocenters. The van der Waals surface area contributed by atoms with Gasteiger partial charge in [0.2, 0.25) is 0 Å². The van der Waals surface area contributed by atoms with Gasteiger partial charge < -0.3 is 10.1 Å². The summed E-state index contributed by atoms with van der Waals surface area (Å²) in [4.78, 5) is 39.5. The van der Waals surface area contributed by atoms with Crippen molar-refractivity contribution >= 4 is 28.9 Å². The Morgan fingerprint density at radius 3 is 2.65 bits per heavy atom. The van der Waals surface area contributed by atoms with Crippen molar-refractivity contribution in [3.05, 3.63) is 67.8 Å². The first-order valence-corrected chi connectivity index (χ1v) is 11.2. The smallest absolute Gasteiger partial charge is 0.348 e. The SMILES string of the molecule is Cc1c(NC(=O)COC(=O)c2cc3c(s2)CCCCC3)c(=O)n(-c2ccccc2)n1C. The Hall–Kier alpha value is -3.13. The van der Waals surface area contributed by atoms with Crippen LogP contribution in [0.25, 0.3) is 5.69 Å². The van der Waals surface area contributed by atoms with Gasteiger partial charge in [-0.3, -0.25) is 14.3 Å². The lowest BCUT2D eigenvalue weighted by atomic mass is 10.1. The van der Waals surface area contributed by atoms with Gasteiger partial charge in [0, 0.05) is 11.9 Å². The minimum atomic E-state index is -0.544. The first kappa shape index (κ1) is 21.1. The van der Waals surface area contributed by atoms with Crippen LogP contribution < -0.4 is 10.9 Å². The van der Waals surface area contributed by atoms with Crippen molar-refractivity contribution in [3.63, 3.8) is 0 Å². The van der Waals surface area contributed by atoms with Crippen molar-refractivity contribution in [2.75, 3.05) is 11.9 Å². The lowest BCUT2D eigenvalue weighted by Gasteiger charge is -2.07. The Morgan fingerprint density at radius 1 is 1.13 bits per heavy atom. The molecule has 0 saturated carbocycles. The van der Waals surface area contributed by atoms with Crippen LogP contribution in [0, 0.1) is 6.92 Å². The zero-order valence-corrected chi connectivity index (χ0v) is 18.5. The average Bonchev–Trinajstić information content (AvgIpc) is 3.17. The van der Waals surface area contributed by atoms with Gasteiger partial charge in [0.15, 0.2) is 6.61 Å². The Morgan fingerprint density at radius 2 is 1.87 bits per heavy atom. The van der Waals surface area contributed by atoms with Crippen molar-refractivity contribution < 1.29 is 14.3 Å². The number of ether oxygens (including phenoxy) is 1. The average molecular weight is 440 g/mol. The number of rotatable bonds is 5. The maximum absolute atomic E-state index is 12.9. The molecule has 31 heavy (non-hydrogen) atoms. The maximum atomic E-state index is 12.9. The summed E-state index contributed by atoms with van der Waals surface area (Å²) in [5.41, 5.74) is 2.36. The molecule has 3 aromatic rings. The Labute approximate surface area is 184 Å². The number of anilines is 1. The van der Waals surface area contributed by atoms with Gasteiger partial charge in [-0.2, -0.15) is 0 Å². The highest BCUT2D eigenvalue weighted by atomic mass is 32.1. The molecule has 0 unspecified atom stereocenters. The second kappa shape index (κ2) is 8.93. The number of carbonyl (C=O) groups is 2. The predicted octanol–water partition coefficient (Wildman–Crippen LogP) is 3.61. The summed E-state index contributed by atoms with van der Waals surface area (Å²) in [5, 5.41) is 2.61. The van der Waals surface area contributed by atoms with Gasteiger partial charge >= 0.3 is 5.97 Å². The van der Waals surface area contributed by atoms with Gasteiger partial charge in [-0.25, -0.2) is 9.48 Å². The first-order valence-electron chi connectivity index (χ1n) is 10.4. The van der Waals surface area contributed by atoms with E-state index in [1.807, 2.05) is 36.4 Å². The predicted molar refractivity (Wildman–Crippen MR) is 120 cm³/mol. The van der Waals surface area contributed by atoms with Gasteiger partial charge in [-0.15, -0.1) is 11.3 Å². The van der Waals surface area contributed by atoms with Gasteiger partial charge in [-0.05, 0) is 56.4 Å². The lowest BCUT2D eigenvalue weighted by molar-refractivity contribution is -0.119. The minimum absolute atomic E-state index is 0.176. The highest BCUT2D eigenvalue weighted by molar-refractivity contribution is 7.14. The van der Waals surface area contributed by atoms with Gasteiger partial charge in [0.05, 0.1) is 11.4 Å². The highest BCUT2D eigenvalue weighted by Gasteiger charge is 2.21. The van der Waals surface area contributed by atoms with Crippen molar-refractivity contribution in [1.82, 2.24) is 9.36 Å². The second-order valence-electron chi connectivity index (χ2n) is 7.68. The molecule has 162 valence electrons. The number of hydrogen-bond donors (Lipinski definition) is 1. The van der Waals surface area contributed by atoms with Crippen molar-refractivity contribution in [2.45, 2.75) is 39.0 Å². The minimum Gasteiger partial charge on any atom is -0.451 e. The molecule has 1 aliphatic carbocycles. The number of nitrogens with zero attached hydrogens (tertiary/aromatic N) is 2. The molecule has 0 aliphatic heterocycles.